The maximum Gasteiger partial charge on any atom is 0.255 e. The number of carbonyl (C=O) groups excluding carboxylic acids is 2. The number of carbonyl (C=O) groups is 2. The van der Waals surface area contributed by atoms with E-state index in [0.29, 0.717) is 23.4 Å². The van der Waals surface area contributed by atoms with Crippen LogP contribution in [-0.4, -0.2) is 29.9 Å². The molecule has 3 aromatic rings. The van der Waals surface area contributed by atoms with Gasteiger partial charge in [0.25, 0.3) is 11.8 Å². The summed E-state index contributed by atoms with van der Waals surface area (Å²) in [5.74, 6) is -0.372. The van der Waals surface area contributed by atoms with Crippen LogP contribution in [0.5, 0.6) is 0 Å². The lowest BCUT2D eigenvalue weighted by Gasteiger charge is -2.22. The smallest absolute Gasteiger partial charge is 0.255 e. The molecule has 0 unspecified atom stereocenters. The quantitative estimate of drug-likeness (QED) is 0.659. The summed E-state index contributed by atoms with van der Waals surface area (Å²) >= 11 is 0. The average molecular weight is 400 g/mol. The van der Waals surface area contributed by atoms with Gasteiger partial charge < -0.3 is 15.5 Å². The zero-order valence-corrected chi connectivity index (χ0v) is 16.7. The summed E-state index contributed by atoms with van der Waals surface area (Å²) in [7, 11) is 0. The van der Waals surface area contributed by atoms with Crippen LogP contribution in [0.3, 0.4) is 0 Å². The van der Waals surface area contributed by atoms with Gasteiger partial charge in [0.2, 0.25) is 0 Å². The molecule has 1 fully saturated rings. The van der Waals surface area contributed by atoms with E-state index in [0.717, 1.165) is 37.2 Å². The third-order valence-electron chi connectivity index (χ3n) is 5.16. The molecule has 0 atom stereocenters. The molecule has 1 aromatic heterocycles. The van der Waals surface area contributed by atoms with E-state index >= 15 is 0 Å². The Morgan fingerprint density at radius 3 is 2.47 bits per heavy atom. The highest BCUT2D eigenvalue weighted by Gasteiger charge is 2.20. The molecule has 2 heterocycles. The lowest BCUT2D eigenvalue weighted by molar-refractivity contribution is 0.0950. The minimum atomic E-state index is -0.203. The van der Waals surface area contributed by atoms with Crippen molar-refractivity contribution in [2.45, 2.75) is 19.4 Å². The van der Waals surface area contributed by atoms with Crippen molar-refractivity contribution in [3.05, 3.63) is 89.7 Å². The molecule has 2 amide bonds. The summed E-state index contributed by atoms with van der Waals surface area (Å²) in [6.45, 7) is 2.25. The maximum absolute atomic E-state index is 13.0. The topological polar surface area (TPSA) is 74.3 Å². The van der Waals surface area contributed by atoms with Crippen molar-refractivity contribution in [1.29, 1.82) is 0 Å². The highest BCUT2D eigenvalue weighted by Crippen LogP contribution is 2.28. The van der Waals surface area contributed by atoms with Crippen LogP contribution in [0.4, 0.5) is 11.4 Å². The summed E-state index contributed by atoms with van der Waals surface area (Å²) in [5.41, 5.74) is 3.56. The molecule has 1 saturated heterocycles. The molecule has 0 spiro atoms. The first kappa shape index (κ1) is 19.6. The van der Waals surface area contributed by atoms with E-state index in [4.69, 9.17) is 0 Å². The van der Waals surface area contributed by atoms with E-state index in [1.54, 1.807) is 30.6 Å². The van der Waals surface area contributed by atoms with Crippen molar-refractivity contribution in [3.63, 3.8) is 0 Å². The van der Waals surface area contributed by atoms with E-state index in [1.165, 1.54) is 0 Å². The minimum Gasteiger partial charge on any atom is -0.371 e. The van der Waals surface area contributed by atoms with Crippen LogP contribution in [0.25, 0.3) is 0 Å². The van der Waals surface area contributed by atoms with Crippen LogP contribution in [0.2, 0.25) is 0 Å². The second-order valence-corrected chi connectivity index (χ2v) is 7.29. The largest absolute Gasteiger partial charge is 0.371 e. The Balaban J connectivity index is 1.56. The van der Waals surface area contributed by atoms with Crippen molar-refractivity contribution in [2.24, 2.45) is 0 Å². The highest BCUT2D eigenvalue weighted by atomic mass is 16.2. The number of nitrogens with one attached hydrogen (secondary N) is 2. The summed E-state index contributed by atoms with van der Waals surface area (Å²) in [6, 6.07) is 18.3. The Hall–Kier alpha value is -3.67. The molecule has 0 radical (unpaired) electrons. The summed E-state index contributed by atoms with van der Waals surface area (Å²) < 4.78 is 0. The zero-order chi connectivity index (χ0) is 20.8. The first-order valence-corrected chi connectivity index (χ1v) is 10.1. The number of hydrogen-bond acceptors (Lipinski definition) is 4. The Bertz CT molecular complexity index is 1020. The van der Waals surface area contributed by atoms with Crippen molar-refractivity contribution in [3.8, 4) is 0 Å². The Kier molecular flexibility index (Phi) is 6.03. The molecule has 4 rings (SSSR count). The maximum atomic E-state index is 13.0. The van der Waals surface area contributed by atoms with Crippen LogP contribution in [0, 0.1) is 0 Å². The van der Waals surface area contributed by atoms with Crippen LogP contribution in [0.15, 0.2) is 73.1 Å². The van der Waals surface area contributed by atoms with Gasteiger partial charge in [-0.1, -0.05) is 24.3 Å². The second kappa shape index (κ2) is 9.22. The normalized spacial score (nSPS) is 13.1. The highest BCUT2D eigenvalue weighted by molar-refractivity contribution is 6.06. The standard InChI is InChI=1S/C24H24N4O2/c29-23(19-8-2-1-3-9-19)27-20-10-11-22(28-13-4-5-14-28)21(15-20)24(30)26-17-18-7-6-12-25-16-18/h1-3,6-12,15-16H,4-5,13-14,17H2,(H,26,30)(H,27,29). The van der Waals surface area contributed by atoms with Gasteiger partial charge >= 0.3 is 0 Å². The molecule has 30 heavy (non-hydrogen) atoms. The zero-order valence-electron chi connectivity index (χ0n) is 16.7. The molecule has 1 aliphatic heterocycles. The number of benzene rings is 2. The molecule has 6 heteroatoms. The van der Waals surface area contributed by atoms with Crippen molar-refractivity contribution in [1.82, 2.24) is 10.3 Å². The van der Waals surface area contributed by atoms with Crippen molar-refractivity contribution in [2.75, 3.05) is 23.3 Å². The van der Waals surface area contributed by atoms with Crippen LogP contribution in [-0.2, 0) is 6.54 Å². The van der Waals surface area contributed by atoms with Gasteiger partial charge in [0.1, 0.15) is 0 Å². The van der Waals surface area contributed by atoms with E-state index in [-0.39, 0.29) is 11.8 Å². The van der Waals surface area contributed by atoms with E-state index in [9.17, 15) is 9.59 Å². The first-order chi connectivity index (χ1) is 14.7. The number of rotatable bonds is 6. The Labute approximate surface area is 175 Å². The summed E-state index contributed by atoms with van der Waals surface area (Å²) in [6.07, 6.45) is 5.67. The van der Waals surface area contributed by atoms with Gasteiger partial charge in [-0.15, -0.1) is 0 Å². The van der Waals surface area contributed by atoms with Gasteiger partial charge in [0.05, 0.1) is 5.56 Å². The Morgan fingerprint density at radius 2 is 1.73 bits per heavy atom. The predicted octanol–water partition coefficient (Wildman–Crippen LogP) is 3.86. The number of pyridine rings is 1. The third kappa shape index (κ3) is 4.66. The molecule has 0 bridgehead atoms. The number of aromatic nitrogens is 1. The number of anilines is 2. The molecule has 6 nitrogen and oxygen atoms in total. The molecule has 2 aromatic carbocycles. The van der Waals surface area contributed by atoms with Gasteiger partial charge in [0.15, 0.2) is 0 Å². The van der Waals surface area contributed by atoms with Gasteiger partial charge in [-0.25, -0.2) is 0 Å². The molecule has 2 N–H and O–H groups in total. The summed E-state index contributed by atoms with van der Waals surface area (Å²) in [4.78, 5) is 31.9. The average Bonchev–Trinajstić information content (AvgIpc) is 3.33. The Morgan fingerprint density at radius 1 is 0.933 bits per heavy atom. The molecule has 0 aliphatic carbocycles. The number of hydrogen-bond donors (Lipinski definition) is 2. The van der Waals surface area contributed by atoms with Crippen molar-refractivity contribution < 1.29 is 9.59 Å². The van der Waals surface area contributed by atoms with Crippen molar-refractivity contribution >= 4 is 23.2 Å². The van der Waals surface area contributed by atoms with Crippen LogP contribution < -0.4 is 15.5 Å². The number of amides is 2. The van der Waals surface area contributed by atoms with Crippen LogP contribution >= 0.6 is 0 Å². The predicted molar refractivity (Wildman–Crippen MR) is 118 cm³/mol. The van der Waals surface area contributed by atoms with Gasteiger partial charge in [-0.05, 0) is 54.8 Å². The van der Waals surface area contributed by atoms with E-state index < -0.39 is 0 Å². The second-order valence-electron chi connectivity index (χ2n) is 7.29. The first-order valence-electron chi connectivity index (χ1n) is 10.1. The fourth-order valence-corrected chi connectivity index (χ4v) is 3.60. The monoisotopic (exact) mass is 400 g/mol. The fourth-order valence-electron chi connectivity index (χ4n) is 3.60. The molecular weight excluding hydrogens is 376 g/mol. The molecular formula is C24H24N4O2. The minimum absolute atomic E-state index is 0.170. The molecule has 1 aliphatic rings. The fraction of sp³-hybridized carbons (Fsp3) is 0.208. The third-order valence-corrected chi connectivity index (χ3v) is 5.16. The summed E-state index contributed by atoms with van der Waals surface area (Å²) in [5, 5.41) is 5.87. The van der Waals surface area contributed by atoms with Gasteiger partial charge in [-0.3, -0.25) is 14.6 Å². The molecule has 0 saturated carbocycles. The van der Waals surface area contributed by atoms with E-state index in [2.05, 4.69) is 20.5 Å². The molecule has 152 valence electrons. The van der Waals surface area contributed by atoms with E-state index in [1.807, 2.05) is 42.5 Å². The van der Waals surface area contributed by atoms with Crippen LogP contribution in [0.1, 0.15) is 39.1 Å². The van der Waals surface area contributed by atoms with Gasteiger partial charge in [0, 0.05) is 49.0 Å². The SMILES string of the molecule is O=C(Nc1ccc(N2CCCC2)c(C(=O)NCc2cccnc2)c1)c1ccccc1. The number of nitrogens with zero attached hydrogens (tertiary/aromatic N) is 2. The lowest BCUT2D eigenvalue weighted by atomic mass is 10.1. The van der Waals surface area contributed by atoms with Gasteiger partial charge in [-0.2, -0.15) is 0 Å². The lowest BCUT2D eigenvalue weighted by Crippen LogP contribution is -2.27.